The summed E-state index contributed by atoms with van der Waals surface area (Å²) >= 11 is 0. The van der Waals surface area contributed by atoms with Gasteiger partial charge in [0.15, 0.2) is 6.10 Å². The summed E-state index contributed by atoms with van der Waals surface area (Å²) in [6.07, 6.45) is 7.67. The van der Waals surface area contributed by atoms with E-state index in [4.69, 9.17) is 18.9 Å². The molecule has 57 heavy (non-hydrogen) atoms. The zero-order valence-electron chi connectivity index (χ0n) is 34.0. The number of aliphatic hydroxyl groups is 1. The molecule has 0 amide bonds. The lowest BCUT2D eigenvalue weighted by Gasteiger charge is -2.63. The Morgan fingerprint density at radius 2 is 1.77 bits per heavy atom. The number of carbonyl (C=O) groups excluding carboxylic acids is 3. The van der Waals surface area contributed by atoms with Gasteiger partial charge in [-0.05, 0) is 61.4 Å². The van der Waals surface area contributed by atoms with E-state index in [2.05, 4.69) is 58.1 Å². The third-order valence-corrected chi connectivity index (χ3v) is 14.8. The second kappa shape index (κ2) is 13.2. The summed E-state index contributed by atoms with van der Waals surface area (Å²) in [5.41, 5.74) is 1.05. The first-order valence-corrected chi connectivity index (χ1v) is 20.3. The van der Waals surface area contributed by atoms with Gasteiger partial charge in [-0.15, -0.1) is 0 Å². The van der Waals surface area contributed by atoms with E-state index in [9.17, 15) is 14.7 Å². The Balaban J connectivity index is 1.37. The maximum absolute atomic E-state index is 15.2. The van der Waals surface area contributed by atoms with Crippen molar-refractivity contribution in [2.75, 3.05) is 59.5 Å². The number of nitrogens with zero attached hydrogens (tertiary/aromatic N) is 3. The SMILES string of the molecule is CCC1=C[C@H]2CN(C1)Cc1c([nH]c3ccccc13)[C@@](C(=O)OC)(c1cc3c(cc1OC)N(C)[C@H]1[C@@](O)(C(=O)OC)[C@H](OC(C)=O)[C@@]4(CC)C=CCN5CC[C@]31[C@H]54)C2. The minimum absolute atomic E-state index is 0.0284. The van der Waals surface area contributed by atoms with Crippen LogP contribution in [0, 0.1) is 11.3 Å². The number of aromatic amines is 1. The number of hydrogen-bond donors (Lipinski definition) is 2. The second-order valence-corrected chi connectivity index (χ2v) is 17.2. The molecule has 9 rings (SSSR count). The zero-order chi connectivity index (χ0) is 40.2. The number of likely N-dealkylation sites (N-methyl/N-ethyl adjacent to an activating group) is 1. The summed E-state index contributed by atoms with van der Waals surface area (Å²) in [5.74, 6) is -1.31. The van der Waals surface area contributed by atoms with Gasteiger partial charge >= 0.3 is 17.9 Å². The maximum Gasteiger partial charge on any atom is 0.344 e. The summed E-state index contributed by atoms with van der Waals surface area (Å²) in [6.45, 7) is 9.19. The number of benzene rings is 2. The van der Waals surface area contributed by atoms with Gasteiger partial charge in [-0.1, -0.05) is 55.8 Å². The van der Waals surface area contributed by atoms with E-state index in [1.54, 1.807) is 7.11 Å². The van der Waals surface area contributed by atoms with Crippen LogP contribution in [0.2, 0.25) is 0 Å². The maximum atomic E-state index is 15.2. The molecule has 0 radical (unpaired) electrons. The number of methoxy groups -OCH3 is 3. The number of H-pyrrole nitrogens is 1. The fourth-order valence-electron chi connectivity index (χ4n) is 12.8. The van der Waals surface area contributed by atoms with Crippen LogP contribution in [-0.2, 0) is 46.0 Å². The van der Waals surface area contributed by atoms with Crippen molar-refractivity contribution in [3.63, 3.8) is 0 Å². The molecule has 1 spiro atoms. The van der Waals surface area contributed by atoms with Crippen molar-refractivity contribution in [1.82, 2.24) is 14.8 Å². The number of anilines is 1. The first-order chi connectivity index (χ1) is 27.4. The average molecular weight is 779 g/mol. The van der Waals surface area contributed by atoms with Crippen LogP contribution in [0.15, 0.2) is 60.2 Å². The van der Waals surface area contributed by atoms with Crippen LogP contribution in [0.3, 0.4) is 0 Å². The number of rotatable bonds is 7. The van der Waals surface area contributed by atoms with Gasteiger partial charge in [-0.2, -0.15) is 0 Å². The van der Waals surface area contributed by atoms with Gasteiger partial charge in [0.1, 0.15) is 11.2 Å². The van der Waals surface area contributed by atoms with E-state index in [0.717, 1.165) is 52.9 Å². The van der Waals surface area contributed by atoms with Crippen LogP contribution >= 0.6 is 0 Å². The summed E-state index contributed by atoms with van der Waals surface area (Å²) < 4.78 is 23.9. The number of esters is 3. The van der Waals surface area contributed by atoms with Crippen molar-refractivity contribution < 1.29 is 38.4 Å². The Morgan fingerprint density at radius 3 is 2.47 bits per heavy atom. The highest BCUT2D eigenvalue weighted by atomic mass is 16.6. The molecule has 12 nitrogen and oxygen atoms in total. The predicted octanol–water partition coefficient (Wildman–Crippen LogP) is 4.75. The van der Waals surface area contributed by atoms with Crippen LogP contribution in [-0.4, -0.2) is 116 Å². The van der Waals surface area contributed by atoms with Crippen molar-refractivity contribution in [3.8, 4) is 5.75 Å². The molecule has 12 heteroatoms. The molecular weight excluding hydrogens is 725 g/mol. The molecule has 5 aliphatic heterocycles. The lowest BCUT2D eigenvalue weighted by atomic mass is 9.47. The molecule has 1 aliphatic carbocycles. The van der Waals surface area contributed by atoms with Crippen molar-refractivity contribution in [3.05, 3.63) is 82.6 Å². The monoisotopic (exact) mass is 778 g/mol. The summed E-state index contributed by atoms with van der Waals surface area (Å²) in [6, 6.07) is 11.2. The van der Waals surface area contributed by atoms with Crippen molar-refractivity contribution in [1.29, 1.82) is 0 Å². The second-order valence-electron chi connectivity index (χ2n) is 17.2. The number of ether oxygens (including phenoxy) is 4. The van der Waals surface area contributed by atoms with E-state index in [1.165, 1.54) is 26.7 Å². The molecule has 1 saturated heterocycles. The Labute approximate surface area is 333 Å². The van der Waals surface area contributed by atoms with Crippen LogP contribution < -0.4 is 9.64 Å². The van der Waals surface area contributed by atoms with Gasteiger partial charge in [0.25, 0.3) is 0 Å². The quantitative estimate of drug-likeness (QED) is 0.196. The number of aromatic nitrogens is 1. The highest BCUT2D eigenvalue weighted by Gasteiger charge is 2.80. The number of nitrogens with one attached hydrogen (secondary N) is 1. The number of fused-ring (bicyclic) bond motifs is 6. The fraction of sp³-hybridized carbons (Fsp3) is 0.533. The smallest absolute Gasteiger partial charge is 0.344 e. The third-order valence-electron chi connectivity index (χ3n) is 14.8. The molecule has 6 heterocycles. The minimum Gasteiger partial charge on any atom is -0.496 e. The lowest BCUT2D eigenvalue weighted by Crippen LogP contribution is -2.81. The standard InChI is InChI=1S/C45H54N4O8/c1-8-27-19-28-22-44(40(51)55-6,36-30(25-48(23-27)24-28)29-13-10-11-14-33(29)46-36)32-20-31-34(21-35(32)54-5)47(4)38-43(31)16-18-49-17-12-15-42(9-2,37(43)49)39(57-26(3)50)45(38,53)41(52)56-7/h10-15,19-21,28,37-39,46,53H,8-9,16-18,22-25H2,1-7H3/t28-,37-,38-,39-,42+,43-,44+,45+/m1/s1. The summed E-state index contributed by atoms with van der Waals surface area (Å²) in [4.78, 5) is 53.1. The highest BCUT2D eigenvalue weighted by Crippen LogP contribution is 2.68. The third kappa shape index (κ3) is 4.80. The van der Waals surface area contributed by atoms with Crippen LogP contribution in [0.5, 0.6) is 5.75 Å². The molecule has 2 fully saturated rings. The predicted molar refractivity (Wildman–Crippen MR) is 214 cm³/mol. The van der Waals surface area contributed by atoms with Crippen LogP contribution in [0.4, 0.5) is 5.69 Å². The number of para-hydroxylation sites is 1. The van der Waals surface area contributed by atoms with Crippen molar-refractivity contribution in [2.24, 2.45) is 11.3 Å². The molecule has 2 aromatic carbocycles. The van der Waals surface area contributed by atoms with Gasteiger partial charge in [-0.25, -0.2) is 4.79 Å². The van der Waals surface area contributed by atoms with Gasteiger partial charge in [0.2, 0.25) is 5.60 Å². The Kier molecular flexibility index (Phi) is 8.77. The van der Waals surface area contributed by atoms with Gasteiger partial charge < -0.3 is 33.9 Å². The van der Waals surface area contributed by atoms with E-state index < -0.39 is 45.9 Å². The molecule has 1 aromatic heterocycles. The van der Waals surface area contributed by atoms with E-state index in [1.807, 2.05) is 37.1 Å². The molecular formula is C45H54N4O8. The van der Waals surface area contributed by atoms with Gasteiger partial charge in [-0.3, -0.25) is 19.4 Å². The molecule has 9 atom stereocenters. The zero-order valence-corrected chi connectivity index (χ0v) is 34.0. The van der Waals surface area contributed by atoms with Crippen LogP contribution in [0.25, 0.3) is 10.9 Å². The van der Waals surface area contributed by atoms with Gasteiger partial charge in [0.05, 0.1) is 27.4 Å². The lowest BCUT2D eigenvalue weighted by molar-refractivity contribution is -0.228. The van der Waals surface area contributed by atoms with Crippen molar-refractivity contribution >= 4 is 34.5 Å². The number of hydrogen-bond acceptors (Lipinski definition) is 11. The highest BCUT2D eigenvalue weighted by molar-refractivity contribution is 5.95. The summed E-state index contributed by atoms with van der Waals surface area (Å²) in [7, 11) is 6.22. The Hall–Kier alpha value is -4.65. The first-order valence-electron chi connectivity index (χ1n) is 20.3. The molecule has 1 unspecified atom stereocenters. The summed E-state index contributed by atoms with van der Waals surface area (Å²) in [5, 5.41) is 14.4. The number of carbonyl (C=O) groups is 3. The first kappa shape index (κ1) is 37.9. The molecule has 2 bridgehead atoms. The van der Waals surface area contributed by atoms with E-state index in [0.29, 0.717) is 50.2 Å². The van der Waals surface area contributed by atoms with E-state index in [-0.39, 0.29) is 17.9 Å². The normalized spacial score (nSPS) is 34.9. The van der Waals surface area contributed by atoms with E-state index >= 15 is 4.79 Å². The van der Waals surface area contributed by atoms with Crippen molar-refractivity contribution in [2.45, 2.75) is 87.6 Å². The van der Waals surface area contributed by atoms with Gasteiger partial charge in [0, 0.05) is 90.9 Å². The molecule has 2 N–H and O–H groups in total. The molecule has 1 saturated carbocycles. The van der Waals surface area contributed by atoms with Crippen LogP contribution in [0.1, 0.15) is 68.8 Å². The minimum atomic E-state index is -2.27. The molecule has 6 aliphatic rings. The Morgan fingerprint density at radius 1 is 1.00 bits per heavy atom. The topological polar surface area (TPSA) is 134 Å². The average Bonchev–Trinajstić information content (AvgIpc) is 3.87. The molecule has 302 valence electrons. The Bertz CT molecular complexity index is 2250. The fourth-order valence-corrected chi connectivity index (χ4v) is 12.8. The molecule has 3 aromatic rings. The largest absolute Gasteiger partial charge is 0.496 e.